The van der Waals surface area contributed by atoms with Gasteiger partial charge in [-0.1, -0.05) is 12.1 Å². The van der Waals surface area contributed by atoms with Crippen molar-refractivity contribution in [1.29, 1.82) is 0 Å². The van der Waals surface area contributed by atoms with Gasteiger partial charge in [-0.05, 0) is 17.7 Å². The lowest BCUT2D eigenvalue weighted by atomic mass is 10.2. The maximum Gasteiger partial charge on any atom is 0.240 e. The van der Waals surface area contributed by atoms with Gasteiger partial charge in [-0.2, -0.15) is 5.10 Å². The van der Waals surface area contributed by atoms with Crippen molar-refractivity contribution >= 4 is 10.0 Å². The topological polar surface area (TPSA) is 114 Å². The van der Waals surface area contributed by atoms with E-state index in [1.807, 2.05) is 0 Å². The molecule has 1 aromatic carbocycles. The van der Waals surface area contributed by atoms with Crippen molar-refractivity contribution in [3.8, 4) is 0 Å². The van der Waals surface area contributed by atoms with Gasteiger partial charge in [0.25, 0.3) is 0 Å². The Morgan fingerprint density at radius 2 is 2.00 bits per heavy atom. The highest BCUT2D eigenvalue weighted by atomic mass is 32.2. The van der Waals surface area contributed by atoms with Crippen molar-refractivity contribution in [2.24, 2.45) is 5.73 Å². The van der Waals surface area contributed by atoms with E-state index in [-0.39, 0.29) is 11.4 Å². The maximum absolute atomic E-state index is 11.9. The molecule has 0 atom stereocenters. The molecule has 0 bridgehead atoms. The Morgan fingerprint density at radius 1 is 1.28 bits per heavy atom. The summed E-state index contributed by atoms with van der Waals surface area (Å²) in [5.74, 6) is 0.456. The van der Waals surface area contributed by atoms with Gasteiger partial charge in [0.1, 0.15) is 12.2 Å². The van der Waals surface area contributed by atoms with Gasteiger partial charge >= 0.3 is 0 Å². The van der Waals surface area contributed by atoms with E-state index in [4.69, 9.17) is 5.73 Å². The fourth-order valence-electron chi connectivity index (χ4n) is 1.37. The first kappa shape index (κ1) is 12.7. The number of H-pyrrole nitrogens is 1. The fraction of sp³-hybridized carbons (Fsp3) is 0.200. The van der Waals surface area contributed by atoms with Crippen LogP contribution in [-0.2, 0) is 23.1 Å². The van der Waals surface area contributed by atoms with Crippen LogP contribution in [0.25, 0.3) is 0 Å². The molecule has 0 aliphatic rings. The van der Waals surface area contributed by atoms with Gasteiger partial charge in [-0.3, -0.25) is 5.10 Å². The van der Waals surface area contributed by atoms with Crippen molar-refractivity contribution in [1.82, 2.24) is 19.9 Å². The molecule has 0 amide bonds. The normalized spacial score (nSPS) is 11.6. The molecule has 1 aromatic heterocycles. The Hall–Kier alpha value is -1.77. The molecule has 0 spiro atoms. The Morgan fingerprint density at radius 3 is 2.56 bits per heavy atom. The highest BCUT2D eigenvalue weighted by Gasteiger charge is 2.13. The van der Waals surface area contributed by atoms with Crippen LogP contribution in [0.15, 0.2) is 35.5 Å². The second-order valence-electron chi connectivity index (χ2n) is 3.60. The van der Waals surface area contributed by atoms with Gasteiger partial charge in [0.05, 0.1) is 11.4 Å². The number of aromatic nitrogens is 3. The van der Waals surface area contributed by atoms with Crippen LogP contribution < -0.4 is 10.5 Å². The lowest BCUT2D eigenvalue weighted by Gasteiger charge is -2.05. The maximum atomic E-state index is 11.9. The van der Waals surface area contributed by atoms with E-state index in [1.54, 1.807) is 12.1 Å². The van der Waals surface area contributed by atoms with Crippen LogP contribution in [0.5, 0.6) is 0 Å². The summed E-state index contributed by atoms with van der Waals surface area (Å²) in [6, 6.07) is 6.40. The van der Waals surface area contributed by atoms with Gasteiger partial charge in [0, 0.05) is 6.54 Å². The van der Waals surface area contributed by atoms with Gasteiger partial charge in [0.15, 0.2) is 0 Å². The van der Waals surface area contributed by atoms with Crippen LogP contribution in [0.1, 0.15) is 11.4 Å². The Bertz CT molecular complexity index is 592. The number of rotatable bonds is 5. The minimum atomic E-state index is -3.54. The molecule has 8 heteroatoms. The number of aromatic amines is 1. The van der Waals surface area contributed by atoms with Crippen LogP contribution in [0.3, 0.4) is 0 Å². The van der Waals surface area contributed by atoms with Gasteiger partial charge < -0.3 is 5.73 Å². The molecule has 2 rings (SSSR count). The molecule has 0 unspecified atom stereocenters. The molecule has 0 saturated carbocycles. The first-order valence-electron chi connectivity index (χ1n) is 5.25. The fourth-order valence-corrected chi connectivity index (χ4v) is 2.36. The zero-order chi connectivity index (χ0) is 13.0. The third kappa shape index (κ3) is 2.92. The number of hydrogen-bond donors (Lipinski definition) is 3. The van der Waals surface area contributed by atoms with E-state index >= 15 is 0 Å². The average Bonchev–Trinajstić information content (AvgIpc) is 2.90. The van der Waals surface area contributed by atoms with E-state index in [0.717, 1.165) is 5.56 Å². The van der Waals surface area contributed by atoms with Crippen molar-refractivity contribution in [2.75, 3.05) is 0 Å². The highest BCUT2D eigenvalue weighted by Crippen LogP contribution is 2.10. The van der Waals surface area contributed by atoms with E-state index in [1.165, 1.54) is 18.5 Å². The predicted molar refractivity (Wildman–Crippen MR) is 64.7 cm³/mol. The lowest BCUT2D eigenvalue weighted by molar-refractivity contribution is 0.579. The van der Waals surface area contributed by atoms with Crippen molar-refractivity contribution < 1.29 is 8.42 Å². The highest BCUT2D eigenvalue weighted by molar-refractivity contribution is 7.89. The molecule has 7 nitrogen and oxygen atoms in total. The minimum Gasteiger partial charge on any atom is -0.326 e. The molecule has 4 N–H and O–H groups in total. The molecular weight excluding hydrogens is 254 g/mol. The van der Waals surface area contributed by atoms with E-state index in [2.05, 4.69) is 19.9 Å². The smallest absolute Gasteiger partial charge is 0.240 e. The largest absolute Gasteiger partial charge is 0.326 e. The molecule has 0 aliphatic heterocycles. The lowest BCUT2D eigenvalue weighted by Crippen LogP contribution is -2.23. The Labute approximate surface area is 104 Å². The zero-order valence-corrected chi connectivity index (χ0v) is 10.3. The molecular formula is C10H13N5O2S. The number of nitrogens with two attached hydrogens (primary N) is 1. The molecule has 18 heavy (non-hydrogen) atoms. The summed E-state index contributed by atoms with van der Waals surface area (Å²) < 4.78 is 26.3. The second kappa shape index (κ2) is 5.25. The molecule has 2 aromatic rings. The van der Waals surface area contributed by atoms with Gasteiger partial charge in [-0.15, -0.1) is 0 Å². The monoisotopic (exact) mass is 267 g/mol. The van der Waals surface area contributed by atoms with Crippen molar-refractivity contribution in [2.45, 2.75) is 18.0 Å². The number of hydrogen-bond acceptors (Lipinski definition) is 5. The standard InChI is InChI=1S/C10H13N5O2S/c11-5-8-1-3-9(4-2-8)18(16,17)14-6-10-12-7-13-15-10/h1-4,7,14H,5-6,11H2,(H,12,13,15). The molecule has 96 valence electrons. The molecule has 0 fully saturated rings. The van der Waals surface area contributed by atoms with Crippen LogP contribution in [0.2, 0.25) is 0 Å². The Kier molecular flexibility index (Phi) is 3.70. The summed E-state index contributed by atoms with van der Waals surface area (Å²) in [5.41, 5.74) is 6.33. The molecule has 0 radical (unpaired) electrons. The van der Waals surface area contributed by atoms with E-state index in [9.17, 15) is 8.42 Å². The van der Waals surface area contributed by atoms with Crippen LogP contribution >= 0.6 is 0 Å². The quantitative estimate of drug-likeness (QED) is 0.690. The third-order valence-corrected chi connectivity index (χ3v) is 3.78. The van der Waals surface area contributed by atoms with E-state index in [0.29, 0.717) is 12.4 Å². The van der Waals surface area contributed by atoms with Crippen LogP contribution in [-0.4, -0.2) is 23.6 Å². The van der Waals surface area contributed by atoms with Gasteiger partial charge in [-0.25, -0.2) is 18.1 Å². The summed E-state index contributed by atoms with van der Waals surface area (Å²) in [7, 11) is -3.54. The Balaban J connectivity index is 2.09. The van der Waals surface area contributed by atoms with E-state index < -0.39 is 10.0 Å². The van der Waals surface area contributed by atoms with Crippen molar-refractivity contribution in [3.05, 3.63) is 42.0 Å². The van der Waals surface area contributed by atoms with Crippen molar-refractivity contribution in [3.63, 3.8) is 0 Å². The summed E-state index contributed by atoms with van der Waals surface area (Å²) >= 11 is 0. The summed E-state index contributed by atoms with van der Waals surface area (Å²) in [5, 5.41) is 6.21. The summed E-state index contributed by atoms with van der Waals surface area (Å²) in [6.07, 6.45) is 1.32. The number of nitrogens with one attached hydrogen (secondary N) is 2. The molecule has 0 aliphatic carbocycles. The van der Waals surface area contributed by atoms with Crippen LogP contribution in [0.4, 0.5) is 0 Å². The average molecular weight is 267 g/mol. The minimum absolute atomic E-state index is 0.0704. The first-order chi connectivity index (χ1) is 8.62. The number of sulfonamides is 1. The second-order valence-corrected chi connectivity index (χ2v) is 5.37. The summed E-state index contributed by atoms with van der Waals surface area (Å²) in [4.78, 5) is 4.02. The third-order valence-electron chi connectivity index (χ3n) is 2.36. The zero-order valence-electron chi connectivity index (χ0n) is 9.50. The molecule has 1 heterocycles. The van der Waals surface area contributed by atoms with Crippen LogP contribution in [0, 0.1) is 0 Å². The van der Waals surface area contributed by atoms with Gasteiger partial charge in [0.2, 0.25) is 10.0 Å². The SMILES string of the molecule is NCc1ccc(S(=O)(=O)NCc2ncn[nH]2)cc1. The number of nitrogens with zero attached hydrogens (tertiary/aromatic N) is 2. The predicted octanol–water partition coefficient (Wildman–Crippen LogP) is -0.258. The molecule has 0 saturated heterocycles. The first-order valence-corrected chi connectivity index (χ1v) is 6.73. The number of benzene rings is 1. The summed E-state index contributed by atoms with van der Waals surface area (Å²) in [6.45, 7) is 0.451.